The van der Waals surface area contributed by atoms with Crippen LogP contribution in [0.25, 0.3) is 0 Å². The van der Waals surface area contributed by atoms with Crippen LogP contribution >= 0.6 is 11.6 Å². The highest BCUT2D eigenvalue weighted by molar-refractivity contribution is 6.30. The number of rotatable bonds is 8. The van der Waals surface area contributed by atoms with Crippen LogP contribution in [0.3, 0.4) is 0 Å². The van der Waals surface area contributed by atoms with Crippen molar-refractivity contribution >= 4 is 23.4 Å². The summed E-state index contributed by atoms with van der Waals surface area (Å²) in [5, 5.41) is 3.82. The summed E-state index contributed by atoms with van der Waals surface area (Å²) in [6.07, 6.45) is 5.20. The van der Waals surface area contributed by atoms with Crippen LogP contribution in [-0.2, 0) is 4.79 Å². The van der Waals surface area contributed by atoms with Gasteiger partial charge in [-0.05, 0) is 68.6 Å². The first kappa shape index (κ1) is 23.8. The van der Waals surface area contributed by atoms with E-state index >= 15 is 0 Å². The van der Waals surface area contributed by atoms with E-state index in [1.54, 1.807) is 0 Å². The predicted octanol–water partition coefficient (Wildman–Crippen LogP) is 5.02. The second-order valence-corrected chi connectivity index (χ2v) is 9.71. The summed E-state index contributed by atoms with van der Waals surface area (Å²) in [5.41, 5.74) is 2.33. The predicted molar refractivity (Wildman–Crippen MR) is 133 cm³/mol. The molecule has 1 saturated heterocycles. The van der Waals surface area contributed by atoms with Crippen LogP contribution in [0.5, 0.6) is 0 Å². The summed E-state index contributed by atoms with van der Waals surface area (Å²) in [5.74, 6) is -0.515. The van der Waals surface area contributed by atoms with Crippen molar-refractivity contribution in [3.05, 3.63) is 70.2 Å². The number of fused-ring (bicyclic) bond motifs is 1. The molecule has 0 unspecified atom stereocenters. The Hall–Kier alpha value is -2.37. The first-order valence-electron chi connectivity index (χ1n) is 12.1. The highest BCUT2D eigenvalue weighted by Crippen LogP contribution is 2.43. The number of hydrogen-bond acceptors (Lipinski definition) is 3. The lowest BCUT2D eigenvalue weighted by molar-refractivity contribution is -0.124. The molecular formula is C27H34ClN3O2. The summed E-state index contributed by atoms with van der Waals surface area (Å²) in [6.45, 7) is 4.48. The van der Waals surface area contributed by atoms with E-state index in [0.29, 0.717) is 29.7 Å². The zero-order valence-corrected chi connectivity index (χ0v) is 20.4. The molecule has 33 heavy (non-hydrogen) atoms. The normalized spacial score (nSPS) is 22.9. The third kappa shape index (κ3) is 5.10. The van der Waals surface area contributed by atoms with Crippen LogP contribution in [0, 0.1) is 0 Å². The minimum atomic E-state index is -0.476. The summed E-state index contributed by atoms with van der Waals surface area (Å²) >= 11 is 6.34. The molecule has 2 aromatic carbocycles. The van der Waals surface area contributed by atoms with Crippen molar-refractivity contribution in [2.24, 2.45) is 0 Å². The first-order valence-corrected chi connectivity index (χ1v) is 12.5. The fraction of sp³-hybridized carbons (Fsp3) is 0.481. The molecule has 2 heterocycles. The molecule has 4 rings (SSSR count). The summed E-state index contributed by atoms with van der Waals surface area (Å²) in [6, 6.07) is 15.3. The monoisotopic (exact) mass is 467 g/mol. The lowest BCUT2D eigenvalue weighted by Gasteiger charge is -2.42. The minimum absolute atomic E-state index is 0.0133. The Bertz CT molecular complexity index is 995. The molecule has 0 spiro atoms. The van der Waals surface area contributed by atoms with Crippen molar-refractivity contribution in [2.45, 2.75) is 57.0 Å². The molecule has 5 nitrogen and oxygen atoms in total. The van der Waals surface area contributed by atoms with Crippen molar-refractivity contribution in [3.8, 4) is 0 Å². The number of nitrogens with zero attached hydrogens (tertiary/aromatic N) is 2. The second-order valence-electron chi connectivity index (χ2n) is 9.27. The molecular weight excluding hydrogens is 434 g/mol. The number of nitrogens with one attached hydrogen (secondary N) is 1. The molecule has 3 atom stereocenters. The van der Waals surface area contributed by atoms with Gasteiger partial charge in [0, 0.05) is 29.7 Å². The number of halogens is 1. The lowest BCUT2D eigenvalue weighted by atomic mass is 9.79. The van der Waals surface area contributed by atoms with Crippen LogP contribution in [0.1, 0.15) is 72.5 Å². The Morgan fingerprint density at radius 3 is 2.73 bits per heavy atom. The largest absolute Gasteiger partial charge is 0.355 e. The van der Waals surface area contributed by atoms with Gasteiger partial charge in [0.1, 0.15) is 0 Å². The van der Waals surface area contributed by atoms with Gasteiger partial charge in [-0.3, -0.25) is 9.59 Å². The van der Waals surface area contributed by atoms with E-state index in [0.717, 1.165) is 36.9 Å². The molecule has 0 radical (unpaired) electrons. The number of carbonyl (C=O) groups excluding carboxylic acids is 2. The maximum absolute atomic E-state index is 13.7. The van der Waals surface area contributed by atoms with Crippen LogP contribution in [0.4, 0.5) is 0 Å². The Morgan fingerprint density at radius 2 is 2.00 bits per heavy atom. The molecule has 2 aliphatic rings. The van der Waals surface area contributed by atoms with E-state index in [2.05, 4.69) is 24.2 Å². The number of unbranched alkanes of at least 4 members (excludes halogenated alkanes) is 1. The van der Waals surface area contributed by atoms with Crippen molar-refractivity contribution in [3.63, 3.8) is 0 Å². The smallest absolute Gasteiger partial charge is 0.254 e. The van der Waals surface area contributed by atoms with Crippen LogP contribution in [0.2, 0.25) is 5.02 Å². The Balaban J connectivity index is 1.67. The zero-order chi connectivity index (χ0) is 23.4. The maximum Gasteiger partial charge on any atom is 0.254 e. The van der Waals surface area contributed by atoms with Gasteiger partial charge in [0.15, 0.2) is 0 Å². The van der Waals surface area contributed by atoms with Gasteiger partial charge in [-0.2, -0.15) is 0 Å². The Morgan fingerprint density at radius 1 is 1.18 bits per heavy atom. The van der Waals surface area contributed by atoms with Gasteiger partial charge in [0.25, 0.3) is 5.91 Å². The highest BCUT2D eigenvalue weighted by Gasteiger charge is 2.43. The van der Waals surface area contributed by atoms with Gasteiger partial charge < -0.3 is 15.1 Å². The molecule has 176 valence electrons. The SMILES string of the molecule is CCCCN1C(=O)c2ccccc2[C@H](C(=O)NCC[C@H]2CCCN2C)[C@H]1c1cccc(Cl)c1. The van der Waals surface area contributed by atoms with Crippen molar-refractivity contribution in [2.75, 3.05) is 26.7 Å². The van der Waals surface area contributed by atoms with Gasteiger partial charge in [-0.1, -0.05) is 55.3 Å². The zero-order valence-electron chi connectivity index (χ0n) is 19.6. The molecule has 0 aromatic heterocycles. The maximum atomic E-state index is 13.7. The van der Waals surface area contributed by atoms with Crippen molar-refractivity contribution < 1.29 is 9.59 Å². The third-order valence-electron chi connectivity index (χ3n) is 7.11. The highest BCUT2D eigenvalue weighted by atomic mass is 35.5. The number of hydrogen-bond donors (Lipinski definition) is 1. The van der Waals surface area contributed by atoms with Crippen LogP contribution < -0.4 is 5.32 Å². The summed E-state index contributed by atoms with van der Waals surface area (Å²) < 4.78 is 0. The minimum Gasteiger partial charge on any atom is -0.355 e. The average Bonchev–Trinajstić information content (AvgIpc) is 3.22. The van der Waals surface area contributed by atoms with Crippen molar-refractivity contribution in [1.29, 1.82) is 0 Å². The molecule has 2 aliphatic heterocycles. The molecule has 1 N–H and O–H groups in total. The molecule has 0 saturated carbocycles. The number of likely N-dealkylation sites (tertiary alicyclic amines) is 1. The molecule has 0 bridgehead atoms. The van der Waals surface area contributed by atoms with Gasteiger partial charge in [0.2, 0.25) is 5.91 Å². The Kier molecular flexibility index (Phi) is 7.71. The van der Waals surface area contributed by atoms with Crippen LogP contribution in [0.15, 0.2) is 48.5 Å². The second kappa shape index (κ2) is 10.7. The summed E-state index contributed by atoms with van der Waals surface area (Å²) in [4.78, 5) is 31.5. The molecule has 2 amide bonds. The van der Waals surface area contributed by atoms with Gasteiger partial charge in [-0.25, -0.2) is 0 Å². The van der Waals surface area contributed by atoms with E-state index in [1.165, 1.54) is 12.8 Å². The van der Waals surface area contributed by atoms with E-state index in [-0.39, 0.29) is 17.9 Å². The quantitative estimate of drug-likeness (QED) is 0.593. The van der Waals surface area contributed by atoms with Gasteiger partial charge in [0.05, 0.1) is 12.0 Å². The topological polar surface area (TPSA) is 52.7 Å². The Labute approximate surface area is 202 Å². The molecule has 2 aromatic rings. The fourth-order valence-corrected chi connectivity index (χ4v) is 5.53. The lowest BCUT2D eigenvalue weighted by Crippen LogP contribution is -2.48. The van der Waals surface area contributed by atoms with Gasteiger partial charge in [-0.15, -0.1) is 0 Å². The molecule has 0 aliphatic carbocycles. The van der Waals surface area contributed by atoms with E-state index in [1.807, 2.05) is 53.4 Å². The third-order valence-corrected chi connectivity index (χ3v) is 7.35. The van der Waals surface area contributed by atoms with E-state index in [9.17, 15) is 9.59 Å². The molecule has 6 heteroatoms. The van der Waals surface area contributed by atoms with Crippen LogP contribution in [-0.4, -0.2) is 54.3 Å². The van der Waals surface area contributed by atoms with Gasteiger partial charge >= 0.3 is 0 Å². The van der Waals surface area contributed by atoms with E-state index in [4.69, 9.17) is 11.6 Å². The summed E-state index contributed by atoms with van der Waals surface area (Å²) in [7, 11) is 2.16. The molecule has 1 fully saturated rings. The standard InChI is InChI=1S/C27H34ClN3O2/c1-3-4-17-31-25(19-9-7-10-20(28)18-19)24(22-12-5-6-13-23(22)27(31)33)26(32)29-15-14-21-11-8-16-30(21)2/h5-7,9-10,12-13,18,21,24-25H,3-4,8,11,14-17H2,1-2H3,(H,29,32)/t21-,24+,25-/m1/s1. The first-order chi connectivity index (χ1) is 16.0. The fourth-order valence-electron chi connectivity index (χ4n) is 5.33. The number of amides is 2. The van der Waals surface area contributed by atoms with Crippen molar-refractivity contribution in [1.82, 2.24) is 15.1 Å². The number of benzene rings is 2. The van der Waals surface area contributed by atoms with E-state index < -0.39 is 5.92 Å². The number of carbonyl (C=O) groups is 2. The average molecular weight is 468 g/mol.